The van der Waals surface area contributed by atoms with Gasteiger partial charge in [0.2, 0.25) is 5.13 Å². The Bertz CT molecular complexity index is 1120. The van der Waals surface area contributed by atoms with Gasteiger partial charge in [0.25, 0.3) is 5.91 Å². The van der Waals surface area contributed by atoms with Crippen molar-refractivity contribution in [1.82, 2.24) is 24.6 Å². The average molecular weight is 508 g/mol. The molecule has 1 aliphatic rings. The van der Waals surface area contributed by atoms with Gasteiger partial charge in [0, 0.05) is 42.7 Å². The zero-order chi connectivity index (χ0) is 23.2. The van der Waals surface area contributed by atoms with Crippen molar-refractivity contribution >= 4 is 57.4 Å². The summed E-state index contributed by atoms with van der Waals surface area (Å²) >= 11 is 8.35. The van der Waals surface area contributed by atoms with Crippen LogP contribution in [0.1, 0.15) is 21.1 Å². The molecular formula is C20H22ClN7O3S2. The molecule has 10 nitrogen and oxygen atoms in total. The first-order valence-corrected chi connectivity index (χ1v) is 12.1. The maximum absolute atomic E-state index is 13.1. The predicted molar refractivity (Wildman–Crippen MR) is 128 cm³/mol. The molecule has 4 heterocycles. The molecule has 0 aromatic carbocycles. The highest BCUT2D eigenvalue weighted by Crippen LogP contribution is 2.22. The van der Waals surface area contributed by atoms with Crippen molar-refractivity contribution in [3.8, 4) is 0 Å². The number of nitrogens with zero attached hydrogens (tertiary/aromatic N) is 5. The standard InChI is InChI=1S/C20H22ClN7O3S2/c1-27(18(29)14-3-2-6-22-17(14)28-7-9-31-10-8-28)12-16-24-20(33-26-16)25-19(30)23-11-13-4-5-15(21)32-13/h2-6H,7-12H2,1H3,(H2,23,24,25,26,30). The van der Waals surface area contributed by atoms with E-state index in [0.717, 1.165) is 16.4 Å². The number of rotatable bonds is 7. The SMILES string of the molecule is CN(Cc1nsc(NC(=O)NCc2ccc(Cl)s2)n1)C(=O)c1cccnc1N1CCOCC1. The van der Waals surface area contributed by atoms with E-state index < -0.39 is 6.03 Å². The maximum atomic E-state index is 13.1. The first kappa shape index (κ1) is 23.4. The first-order valence-electron chi connectivity index (χ1n) is 10.1. The lowest BCUT2D eigenvalue weighted by Gasteiger charge is -2.29. The fraction of sp³-hybridized carbons (Fsp3) is 0.350. The molecule has 13 heteroatoms. The van der Waals surface area contributed by atoms with E-state index in [9.17, 15) is 9.59 Å². The van der Waals surface area contributed by atoms with Crippen molar-refractivity contribution in [2.24, 2.45) is 0 Å². The van der Waals surface area contributed by atoms with Crippen LogP contribution in [0.4, 0.5) is 15.7 Å². The molecule has 1 saturated heterocycles. The molecule has 4 rings (SSSR count). The molecule has 0 aliphatic carbocycles. The van der Waals surface area contributed by atoms with E-state index in [1.165, 1.54) is 16.2 Å². The molecule has 0 atom stereocenters. The van der Waals surface area contributed by atoms with E-state index in [4.69, 9.17) is 16.3 Å². The van der Waals surface area contributed by atoms with Crippen molar-refractivity contribution in [3.05, 3.63) is 51.1 Å². The van der Waals surface area contributed by atoms with E-state index >= 15 is 0 Å². The number of thiophene rings is 1. The summed E-state index contributed by atoms with van der Waals surface area (Å²) in [5, 5.41) is 5.75. The number of ether oxygens (including phenoxy) is 1. The minimum atomic E-state index is -0.392. The Kier molecular flexibility index (Phi) is 7.70. The molecule has 0 bridgehead atoms. The summed E-state index contributed by atoms with van der Waals surface area (Å²) in [5.74, 6) is 0.907. The fourth-order valence-corrected chi connectivity index (χ4v) is 4.81. The van der Waals surface area contributed by atoms with Crippen LogP contribution in [-0.2, 0) is 17.8 Å². The summed E-state index contributed by atoms with van der Waals surface area (Å²) in [6, 6.07) is 6.76. The minimum absolute atomic E-state index is 0.179. The highest BCUT2D eigenvalue weighted by Gasteiger charge is 2.23. The van der Waals surface area contributed by atoms with Gasteiger partial charge in [-0.25, -0.2) is 14.8 Å². The molecule has 3 amide bonds. The Morgan fingerprint density at radius 1 is 1.27 bits per heavy atom. The van der Waals surface area contributed by atoms with Gasteiger partial charge in [-0.2, -0.15) is 4.37 Å². The quantitative estimate of drug-likeness (QED) is 0.505. The molecule has 174 valence electrons. The Morgan fingerprint density at radius 3 is 2.85 bits per heavy atom. The van der Waals surface area contributed by atoms with Gasteiger partial charge in [-0.05, 0) is 24.3 Å². The van der Waals surface area contributed by atoms with Crippen LogP contribution in [-0.4, -0.2) is 64.5 Å². The number of amides is 3. The average Bonchev–Trinajstić information content (AvgIpc) is 3.46. The topological polar surface area (TPSA) is 113 Å². The van der Waals surface area contributed by atoms with Crippen molar-refractivity contribution in [2.75, 3.05) is 43.6 Å². The summed E-state index contributed by atoms with van der Waals surface area (Å²) < 4.78 is 10.3. The van der Waals surface area contributed by atoms with Crippen molar-refractivity contribution in [3.63, 3.8) is 0 Å². The van der Waals surface area contributed by atoms with Crippen LogP contribution in [0.2, 0.25) is 4.34 Å². The molecule has 33 heavy (non-hydrogen) atoms. The van der Waals surface area contributed by atoms with Crippen molar-refractivity contribution in [2.45, 2.75) is 13.1 Å². The lowest BCUT2D eigenvalue weighted by atomic mass is 10.2. The fourth-order valence-electron chi connectivity index (χ4n) is 3.21. The highest BCUT2D eigenvalue weighted by molar-refractivity contribution is 7.16. The van der Waals surface area contributed by atoms with Crippen LogP contribution >= 0.6 is 34.5 Å². The molecule has 1 fully saturated rings. The maximum Gasteiger partial charge on any atom is 0.321 e. The highest BCUT2D eigenvalue weighted by atomic mass is 35.5. The zero-order valence-corrected chi connectivity index (χ0v) is 20.2. The van der Waals surface area contributed by atoms with Gasteiger partial charge in [-0.1, -0.05) is 11.6 Å². The Labute approximate surface area is 203 Å². The van der Waals surface area contributed by atoms with Gasteiger partial charge in [0.1, 0.15) is 5.82 Å². The molecule has 3 aromatic heterocycles. The van der Waals surface area contributed by atoms with E-state index in [-0.39, 0.29) is 12.5 Å². The van der Waals surface area contributed by atoms with Crippen LogP contribution in [0, 0.1) is 0 Å². The molecule has 0 saturated carbocycles. The number of halogens is 1. The number of nitrogens with one attached hydrogen (secondary N) is 2. The second-order valence-electron chi connectivity index (χ2n) is 7.16. The Balaban J connectivity index is 1.33. The molecular weight excluding hydrogens is 486 g/mol. The third kappa shape index (κ3) is 6.16. The summed E-state index contributed by atoms with van der Waals surface area (Å²) in [4.78, 5) is 38.5. The first-order chi connectivity index (χ1) is 16.0. The number of morpholine rings is 1. The van der Waals surface area contributed by atoms with Crippen molar-refractivity contribution < 1.29 is 14.3 Å². The van der Waals surface area contributed by atoms with E-state index in [1.807, 2.05) is 6.07 Å². The summed E-state index contributed by atoms with van der Waals surface area (Å²) in [6.45, 7) is 3.14. The number of urea groups is 1. The van der Waals surface area contributed by atoms with Gasteiger partial charge in [-0.15, -0.1) is 11.3 Å². The molecule has 0 radical (unpaired) electrons. The second kappa shape index (κ2) is 10.9. The van der Waals surface area contributed by atoms with Gasteiger partial charge in [-0.3, -0.25) is 10.1 Å². The Hall–Kier alpha value is -2.80. The summed E-state index contributed by atoms with van der Waals surface area (Å²) in [5.41, 5.74) is 0.517. The summed E-state index contributed by atoms with van der Waals surface area (Å²) in [7, 11) is 1.69. The minimum Gasteiger partial charge on any atom is -0.378 e. The number of aromatic nitrogens is 3. The van der Waals surface area contributed by atoms with Gasteiger partial charge in [0.15, 0.2) is 5.82 Å². The van der Waals surface area contributed by atoms with Gasteiger partial charge in [0.05, 0.1) is 36.2 Å². The molecule has 2 N–H and O–H groups in total. The number of anilines is 2. The van der Waals surface area contributed by atoms with Crippen molar-refractivity contribution in [1.29, 1.82) is 0 Å². The van der Waals surface area contributed by atoms with Crippen LogP contribution in [0.5, 0.6) is 0 Å². The lowest BCUT2D eigenvalue weighted by Crippen LogP contribution is -2.38. The van der Waals surface area contributed by atoms with Gasteiger partial charge < -0.3 is 19.9 Å². The van der Waals surface area contributed by atoms with Gasteiger partial charge >= 0.3 is 6.03 Å². The van der Waals surface area contributed by atoms with Crippen LogP contribution in [0.3, 0.4) is 0 Å². The predicted octanol–water partition coefficient (Wildman–Crippen LogP) is 3.08. The third-order valence-electron chi connectivity index (χ3n) is 4.79. The number of carbonyl (C=O) groups excluding carboxylic acids is 2. The number of pyridine rings is 1. The lowest BCUT2D eigenvalue weighted by molar-refractivity contribution is 0.0780. The number of hydrogen-bond donors (Lipinski definition) is 2. The van der Waals surface area contributed by atoms with E-state index in [2.05, 4.69) is 29.9 Å². The van der Waals surface area contributed by atoms with Crippen LogP contribution < -0.4 is 15.5 Å². The van der Waals surface area contributed by atoms with E-state index in [0.29, 0.717) is 59.5 Å². The molecule has 3 aromatic rings. The van der Waals surface area contributed by atoms with E-state index in [1.54, 1.807) is 31.4 Å². The number of carbonyl (C=O) groups is 2. The van der Waals surface area contributed by atoms with Crippen LogP contribution in [0.15, 0.2) is 30.5 Å². The summed E-state index contributed by atoms with van der Waals surface area (Å²) in [6.07, 6.45) is 1.68. The van der Waals surface area contributed by atoms with Crippen LogP contribution in [0.25, 0.3) is 0 Å². The third-order valence-corrected chi connectivity index (χ3v) is 6.69. The smallest absolute Gasteiger partial charge is 0.321 e. The second-order valence-corrected chi connectivity index (χ2v) is 9.72. The number of hydrogen-bond acceptors (Lipinski definition) is 9. The normalized spacial score (nSPS) is 13.6. The molecule has 0 unspecified atom stereocenters. The Morgan fingerprint density at radius 2 is 2.09 bits per heavy atom. The molecule has 0 spiro atoms. The monoisotopic (exact) mass is 507 g/mol. The molecule has 1 aliphatic heterocycles. The zero-order valence-electron chi connectivity index (χ0n) is 17.8. The largest absolute Gasteiger partial charge is 0.378 e.